The monoisotopic (exact) mass is 843 g/mol. The van der Waals surface area contributed by atoms with Crippen molar-refractivity contribution >= 4 is 46.7 Å². The van der Waals surface area contributed by atoms with E-state index in [1.165, 1.54) is 12.7 Å². The minimum Gasteiger partial charge on any atom is -0.493 e. The predicted octanol–water partition coefficient (Wildman–Crippen LogP) is 7.88. The molecule has 4 aromatic rings. The van der Waals surface area contributed by atoms with Crippen molar-refractivity contribution in [1.29, 1.82) is 0 Å². The van der Waals surface area contributed by atoms with Crippen LogP contribution >= 0.6 is 0 Å². The Labute approximate surface area is 363 Å². The number of nitrogens with one attached hydrogen (secondary N) is 1. The first kappa shape index (κ1) is 42.6. The third-order valence-electron chi connectivity index (χ3n) is 13.2. The minimum absolute atomic E-state index is 0.0219. The van der Waals surface area contributed by atoms with Gasteiger partial charge in [0.25, 0.3) is 11.8 Å². The summed E-state index contributed by atoms with van der Waals surface area (Å²) in [5, 5.41) is 3.52. The van der Waals surface area contributed by atoms with Gasteiger partial charge in [0.1, 0.15) is 0 Å². The Bertz CT molecular complexity index is 2430. The van der Waals surface area contributed by atoms with Crippen LogP contribution in [0, 0.1) is 10.8 Å². The fourth-order valence-electron chi connectivity index (χ4n) is 8.71. The first-order chi connectivity index (χ1) is 29.7. The molecule has 4 aliphatic heterocycles. The lowest BCUT2D eigenvalue weighted by Crippen LogP contribution is -2.42. The lowest BCUT2D eigenvalue weighted by atomic mass is 9.69. The molecule has 326 valence electrons. The Morgan fingerprint density at radius 3 is 2.16 bits per heavy atom. The zero-order valence-electron chi connectivity index (χ0n) is 37.0. The molecule has 0 saturated carbocycles. The maximum absolute atomic E-state index is 14.3. The summed E-state index contributed by atoms with van der Waals surface area (Å²) >= 11 is 0. The maximum Gasteiger partial charge on any atom is 0.305 e. The molecule has 1 N–H and O–H groups in total. The average Bonchev–Trinajstić information content (AvgIpc) is 3.74. The molecule has 0 radical (unpaired) electrons. The summed E-state index contributed by atoms with van der Waals surface area (Å²) < 4.78 is 29.4. The largest absolute Gasteiger partial charge is 0.493 e. The molecule has 0 fully saturated rings. The molecule has 4 aliphatic rings. The van der Waals surface area contributed by atoms with Crippen LogP contribution in [0.4, 0.5) is 22.7 Å². The Balaban J connectivity index is 0.931. The summed E-state index contributed by atoms with van der Waals surface area (Å²) in [6.07, 6.45) is 4.43. The van der Waals surface area contributed by atoms with Gasteiger partial charge in [-0.25, -0.2) is 0 Å². The summed E-state index contributed by atoms with van der Waals surface area (Å²) in [6.45, 7) is 11.3. The second kappa shape index (κ2) is 17.0. The highest BCUT2D eigenvalue weighted by Gasteiger charge is 2.41. The van der Waals surface area contributed by atoms with Crippen molar-refractivity contribution in [2.24, 2.45) is 15.8 Å². The number of carbonyl (C=O) groups is 3. The van der Waals surface area contributed by atoms with Gasteiger partial charge in [0, 0.05) is 66.5 Å². The van der Waals surface area contributed by atoms with Crippen molar-refractivity contribution in [2.45, 2.75) is 72.0 Å². The number of anilines is 3. The number of rotatable bonds is 15. The molecular formula is C49H57N5O8. The molecule has 0 unspecified atom stereocenters. The van der Waals surface area contributed by atoms with Crippen LogP contribution in [-0.4, -0.2) is 95.7 Å². The van der Waals surface area contributed by atoms with Crippen LogP contribution in [0.5, 0.6) is 23.0 Å². The molecule has 0 aromatic heterocycles. The highest BCUT2D eigenvalue weighted by molar-refractivity contribution is 6.15. The van der Waals surface area contributed by atoms with Crippen LogP contribution < -0.4 is 34.1 Å². The van der Waals surface area contributed by atoms with Gasteiger partial charge in [-0.05, 0) is 67.4 Å². The van der Waals surface area contributed by atoms with Crippen molar-refractivity contribution in [2.75, 3.05) is 69.8 Å². The van der Waals surface area contributed by atoms with E-state index in [4.69, 9.17) is 28.7 Å². The summed E-state index contributed by atoms with van der Waals surface area (Å²) in [4.78, 5) is 50.5. The molecule has 62 heavy (non-hydrogen) atoms. The number of nitrogens with zero attached hydrogens (tertiary/aromatic N) is 4. The highest BCUT2D eigenvalue weighted by Crippen LogP contribution is 2.46. The Hall–Kier alpha value is -6.08. The van der Waals surface area contributed by atoms with Crippen molar-refractivity contribution in [3.8, 4) is 23.0 Å². The van der Waals surface area contributed by atoms with E-state index in [2.05, 4.69) is 56.1 Å². The number of aliphatic imine (C=N–C) groups is 1. The second-order valence-corrected chi connectivity index (χ2v) is 18.1. The number of amides is 2. The number of methoxy groups -OCH3 is 3. The SMILES string of the molecule is COC(=O)CCCN(C)Cc1ccc2c(c1)C[C@H]1C=Nc3cc(OCC(C)(C)C(C)(C)COc4cc5c(cc4OC)C(=O)N4c6ccccc6C[C@H]4CN5)c(OC)cc3C(=O)N21. The number of fused-ring (bicyclic) bond motifs is 8. The van der Waals surface area contributed by atoms with Crippen molar-refractivity contribution in [3.05, 3.63) is 94.5 Å². The standard InChI is InChI=1S/C49H57N5O8/c1-48(2,28-61-43-23-37-35(21-41(43)58-6)46(56)53-33(25-50-37)19-31-12-9-10-13-39(31)53)49(3,4)29-62-44-24-38-36(22-42(44)59-7)47(57)54-34(26-51-38)20-32-18-30(15-16-40(32)54)27-52(5)17-11-14-45(55)60-8/h9-10,12-13,15-16,18,21-24,26,33-34,50H,11,14,17,19-20,25,27-29H2,1-8H3/t33-,34-/m0/s1. The molecule has 0 saturated heterocycles. The smallest absolute Gasteiger partial charge is 0.305 e. The molecule has 2 atom stereocenters. The summed E-state index contributed by atoms with van der Waals surface area (Å²) in [5.41, 5.74) is 6.66. The van der Waals surface area contributed by atoms with Gasteiger partial charge in [-0.1, -0.05) is 58.0 Å². The third kappa shape index (κ3) is 8.05. The van der Waals surface area contributed by atoms with E-state index in [9.17, 15) is 14.4 Å². The lowest BCUT2D eigenvalue weighted by Gasteiger charge is -2.41. The summed E-state index contributed by atoms with van der Waals surface area (Å²) in [5.74, 6) is 1.58. The Morgan fingerprint density at radius 1 is 0.790 bits per heavy atom. The molecular weight excluding hydrogens is 787 g/mol. The van der Waals surface area contributed by atoms with Gasteiger partial charge in [-0.3, -0.25) is 24.3 Å². The van der Waals surface area contributed by atoms with Crippen molar-refractivity contribution in [3.63, 3.8) is 0 Å². The minimum atomic E-state index is -0.418. The van der Waals surface area contributed by atoms with Gasteiger partial charge in [0.15, 0.2) is 23.0 Å². The number of ether oxygens (including phenoxy) is 5. The van der Waals surface area contributed by atoms with Gasteiger partial charge < -0.3 is 38.8 Å². The van der Waals surface area contributed by atoms with Crippen LogP contribution in [0.1, 0.15) is 77.9 Å². The van der Waals surface area contributed by atoms with Gasteiger partial charge >= 0.3 is 5.97 Å². The van der Waals surface area contributed by atoms with Gasteiger partial charge in [0.2, 0.25) is 0 Å². The van der Waals surface area contributed by atoms with Gasteiger partial charge in [0.05, 0.1) is 69.1 Å². The average molecular weight is 844 g/mol. The molecule has 13 nitrogen and oxygen atoms in total. The molecule has 2 amide bonds. The van der Waals surface area contributed by atoms with Crippen LogP contribution in [0.15, 0.2) is 71.7 Å². The fraction of sp³-hybridized carbons (Fsp3) is 0.429. The molecule has 13 heteroatoms. The van der Waals surface area contributed by atoms with E-state index in [0.29, 0.717) is 72.4 Å². The normalized spacial score (nSPS) is 17.5. The maximum atomic E-state index is 14.3. The van der Waals surface area contributed by atoms with Crippen molar-refractivity contribution < 1.29 is 38.1 Å². The molecule has 8 rings (SSSR count). The number of hydrogen-bond donors (Lipinski definition) is 1. The number of hydrogen-bond acceptors (Lipinski definition) is 11. The van der Waals surface area contributed by atoms with Crippen molar-refractivity contribution in [1.82, 2.24) is 4.90 Å². The topological polar surface area (TPSA) is 131 Å². The van der Waals surface area contributed by atoms with Crippen LogP contribution in [0.25, 0.3) is 0 Å². The van der Waals surface area contributed by atoms with E-state index in [0.717, 1.165) is 54.1 Å². The number of esters is 1. The predicted molar refractivity (Wildman–Crippen MR) is 240 cm³/mol. The highest BCUT2D eigenvalue weighted by atomic mass is 16.5. The number of benzene rings is 4. The zero-order valence-corrected chi connectivity index (χ0v) is 37.0. The fourth-order valence-corrected chi connectivity index (χ4v) is 8.71. The molecule has 0 spiro atoms. The quantitative estimate of drug-likeness (QED) is 0.118. The van der Waals surface area contributed by atoms with Gasteiger partial charge in [-0.2, -0.15) is 0 Å². The van der Waals surface area contributed by atoms with Crippen LogP contribution in [-0.2, 0) is 28.9 Å². The van der Waals surface area contributed by atoms with Crippen LogP contribution in [0.3, 0.4) is 0 Å². The summed E-state index contributed by atoms with van der Waals surface area (Å²) in [7, 11) is 6.60. The van der Waals surface area contributed by atoms with Gasteiger partial charge in [-0.15, -0.1) is 0 Å². The number of carbonyl (C=O) groups excluding carboxylic acids is 3. The van der Waals surface area contributed by atoms with E-state index in [1.54, 1.807) is 32.4 Å². The van der Waals surface area contributed by atoms with Crippen LogP contribution in [0.2, 0.25) is 0 Å². The lowest BCUT2D eigenvalue weighted by molar-refractivity contribution is -0.140. The van der Waals surface area contributed by atoms with E-state index < -0.39 is 10.8 Å². The second-order valence-electron chi connectivity index (χ2n) is 18.1. The first-order valence-corrected chi connectivity index (χ1v) is 21.3. The molecule has 4 heterocycles. The Morgan fingerprint density at radius 2 is 1.45 bits per heavy atom. The third-order valence-corrected chi connectivity index (χ3v) is 13.2. The first-order valence-electron chi connectivity index (χ1n) is 21.3. The van der Waals surface area contributed by atoms with E-state index in [1.807, 2.05) is 53.4 Å². The molecule has 0 aliphatic carbocycles. The molecule has 0 bridgehead atoms. The zero-order chi connectivity index (χ0) is 43.9. The molecule has 4 aromatic carbocycles. The Kier molecular flexibility index (Phi) is 11.7. The van der Waals surface area contributed by atoms with E-state index >= 15 is 0 Å². The van der Waals surface area contributed by atoms with E-state index in [-0.39, 0.29) is 29.9 Å². The summed E-state index contributed by atoms with van der Waals surface area (Å²) in [6, 6.07) is 21.3. The number of para-hydroxylation sites is 1.